The zero-order valence-corrected chi connectivity index (χ0v) is 16.6. The first-order valence-corrected chi connectivity index (χ1v) is 9.91. The molecule has 1 saturated heterocycles. The number of rotatable bonds is 6. The molecule has 1 atom stereocenters. The van der Waals surface area contributed by atoms with Gasteiger partial charge >= 0.3 is 5.97 Å². The summed E-state index contributed by atoms with van der Waals surface area (Å²) in [5.74, 6) is 1.84. The lowest BCUT2D eigenvalue weighted by atomic mass is 9.98. The number of carbonyl (C=O) groups excluding carboxylic acids is 1. The van der Waals surface area contributed by atoms with Gasteiger partial charge < -0.3 is 19.4 Å². The Balaban J connectivity index is 1.67. The SMILES string of the molecule is CCNC(=NCc1ncc(-c2ccccc2)o1)N1CCC[C@@H](C(=O)OCC)C1. The number of benzene rings is 1. The molecule has 7 heteroatoms. The summed E-state index contributed by atoms with van der Waals surface area (Å²) in [6, 6.07) is 9.88. The summed E-state index contributed by atoms with van der Waals surface area (Å²) in [6.45, 7) is 6.85. The standard InChI is InChI=1S/C21H28N4O3/c1-3-22-21(25-12-8-11-17(15-25)20(26)27-4-2)24-14-19-23-13-18(28-19)16-9-6-5-7-10-16/h5-7,9-10,13,17H,3-4,8,11-12,14-15H2,1-2H3,(H,22,24)/t17-/m1/s1. The Hall–Kier alpha value is -2.83. The van der Waals surface area contributed by atoms with Crippen molar-refractivity contribution in [1.82, 2.24) is 15.2 Å². The number of nitrogens with zero attached hydrogens (tertiary/aromatic N) is 3. The molecule has 1 fully saturated rings. The first-order chi connectivity index (χ1) is 13.7. The van der Waals surface area contributed by atoms with Crippen molar-refractivity contribution < 1.29 is 13.9 Å². The Morgan fingerprint density at radius 1 is 1.36 bits per heavy atom. The fraction of sp³-hybridized carbons (Fsp3) is 0.476. The highest BCUT2D eigenvalue weighted by molar-refractivity contribution is 5.81. The Kier molecular flexibility index (Phi) is 7.06. The van der Waals surface area contributed by atoms with Gasteiger partial charge in [0.15, 0.2) is 11.7 Å². The summed E-state index contributed by atoms with van der Waals surface area (Å²) < 4.78 is 11.0. The molecule has 28 heavy (non-hydrogen) atoms. The van der Waals surface area contributed by atoms with E-state index in [2.05, 4.69) is 20.2 Å². The number of aromatic nitrogens is 1. The zero-order valence-electron chi connectivity index (χ0n) is 16.6. The van der Waals surface area contributed by atoms with E-state index in [-0.39, 0.29) is 11.9 Å². The van der Waals surface area contributed by atoms with Crippen LogP contribution in [0.5, 0.6) is 0 Å². The average molecular weight is 384 g/mol. The second-order valence-corrected chi connectivity index (χ2v) is 6.69. The smallest absolute Gasteiger partial charge is 0.310 e. The third-order valence-corrected chi connectivity index (χ3v) is 4.65. The lowest BCUT2D eigenvalue weighted by Gasteiger charge is -2.33. The molecule has 2 heterocycles. The number of nitrogens with one attached hydrogen (secondary N) is 1. The fourth-order valence-corrected chi connectivity index (χ4v) is 3.31. The van der Waals surface area contributed by atoms with E-state index in [1.165, 1.54) is 0 Å². The lowest BCUT2D eigenvalue weighted by molar-refractivity contribution is -0.149. The van der Waals surface area contributed by atoms with Gasteiger partial charge in [-0.25, -0.2) is 9.98 Å². The molecule has 1 aliphatic rings. The number of piperidine rings is 1. The van der Waals surface area contributed by atoms with Crippen LogP contribution in [0.15, 0.2) is 45.9 Å². The maximum absolute atomic E-state index is 12.1. The maximum atomic E-state index is 12.1. The van der Waals surface area contributed by atoms with Gasteiger partial charge in [0.1, 0.15) is 6.54 Å². The quantitative estimate of drug-likeness (QED) is 0.468. The first-order valence-electron chi connectivity index (χ1n) is 9.91. The Labute approximate surface area is 165 Å². The molecule has 150 valence electrons. The first kappa shape index (κ1) is 19.9. The zero-order chi connectivity index (χ0) is 19.8. The van der Waals surface area contributed by atoms with Gasteiger partial charge in [0, 0.05) is 25.2 Å². The summed E-state index contributed by atoms with van der Waals surface area (Å²) in [5.41, 5.74) is 0.991. The van der Waals surface area contributed by atoms with Crippen molar-refractivity contribution in [2.24, 2.45) is 10.9 Å². The molecule has 1 aromatic carbocycles. The van der Waals surface area contributed by atoms with E-state index in [1.54, 1.807) is 6.20 Å². The molecule has 0 unspecified atom stereocenters. The number of esters is 1. The van der Waals surface area contributed by atoms with Crippen LogP contribution in [-0.2, 0) is 16.1 Å². The molecule has 0 amide bonds. The molecule has 3 rings (SSSR count). The van der Waals surface area contributed by atoms with Crippen LogP contribution in [-0.4, -0.2) is 48.1 Å². The minimum Gasteiger partial charge on any atom is -0.466 e. The Morgan fingerprint density at radius 3 is 2.93 bits per heavy atom. The van der Waals surface area contributed by atoms with E-state index >= 15 is 0 Å². The summed E-state index contributed by atoms with van der Waals surface area (Å²) in [7, 11) is 0. The van der Waals surface area contributed by atoms with Crippen LogP contribution in [0.3, 0.4) is 0 Å². The van der Waals surface area contributed by atoms with E-state index in [0.717, 1.165) is 43.2 Å². The molecule has 2 aromatic rings. The van der Waals surface area contributed by atoms with Gasteiger partial charge in [0.25, 0.3) is 0 Å². The highest BCUT2D eigenvalue weighted by Crippen LogP contribution is 2.21. The monoisotopic (exact) mass is 384 g/mol. The van der Waals surface area contributed by atoms with Gasteiger partial charge in [-0.05, 0) is 26.7 Å². The second kappa shape index (κ2) is 9.92. The van der Waals surface area contributed by atoms with Gasteiger partial charge in [-0.15, -0.1) is 0 Å². The highest BCUT2D eigenvalue weighted by Gasteiger charge is 2.28. The van der Waals surface area contributed by atoms with Crippen molar-refractivity contribution in [3.05, 3.63) is 42.4 Å². The number of carbonyl (C=O) groups is 1. The molecule has 1 aromatic heterocycles. The summed E-state index contributed by atoms with van der Waals surface area (Å²) in [4.78, 5) is 23.2. The predicted octanol–water partition coefficient (Wildman–Crippen LogP) is 3.08. The van der Waals surface area contributed by atoms with E-state index in [1.807, 2.05) is 44.2 Å². The van der Waals surface area contributed by atoms with Crippen LogP contribution < -0.4 is 5.32 Å². The molecule has 0 spiro atoms. The molecule has 0 aliphatic carbocycles. The third kappa shape index (κ3) is 5.12. The molecule has 7 nitrogen and oxygen atoms in total. The van der Waals surface area contributed by atoms with Crippen molar-refractivity contribution in [3.63, 3.8) is 0 Å². The average Bonchev–Trinajstić information content (AvgIpc) is 3.21. The van der Waals surface area contributed by atoms with E-state index in [9.17, 15) is 4.79 Å². The Bertz CT molecular complexity index is 788. The third-order valence-electron chi connectivity index (χ3n) is 4.65. The number of aliphatic imine (C=N–C) groups is 1. The second-order valence-electron chi connectivity index (χ2n) is 6.69. The molecule has 0 radical (unpaired) electrons. The number of likely N-dealkylation sites (tertiary alicyclic amines) is 1. The van der Waals surface area contributed by atoms with Crippen LogP contribution in [0.25, 0.3) is 11.3 Å². The molecule has 0 bridgehead atoms. The predicted molar refractivity (Wildman–Crippen MR) is 108 cm³/mol. The number of ether oxygens (including phenoxy) is 1. The minimum absolute atomic E-state index is 0.107. The van der Waals surface area contributed by atoms with Crippen LogP contribution in [0.4, 0.5) is 0 Å². The number of oxazole rings is 1. The summed E-state index contributed by atoms with van der Waals surface area (Å²) >= 11 is 0. The van der Waals surface area contributed by atoms with Crippen molar-refractivity contribution in [2.45, 2.75) is 33.2 Å². The van der Waals surface area contributed by atoms with E-state index in [0.29, 0.717) is 25.6 Å². The highest BCUT2D eigenvalue weighted by atomic mass is 16.5. The molecule has 1 N–H and O–H groups in total. The number of guanidine groups is 1. The van der Waals surface area contributed by atoms with Crippen molar-refractivity contribution in [1.29, 1.82) is 0 Å². The van der Waals surface area contributed by atoms with Crippen LogP contribution in [0.2, 0.25) is 0 Å². The number of hydrogen-bond acceptors (Lipinski definition) is 5. The van der Waals surface area contributed by atoms with Gasteiger partial charge in [0.2, 0.25) is 5.89 Å². The molecule has 1 aliphatic heterocycles. The van der Waals surface area contributed by atoms with E-state index in [4.69, 9.17) is 9.15 Å². The molecular weight excluding hydrogens is 356 g/mol. The van der Waals surface area contributed by atoms with Crippen molar-refractivity contribution in [3.8, 4) is 11.3 Å². The summed E-state index contributed by atoms with van der Waals surface area (Å²) in [6.07, 6.45) is 3.52. The lowest BCUT2D eigenvalue weighted by Crippen LogP contribution is -2.48. The van der Waals surface area contributed by atoms with Crippen molar-refractivity contribution >= 4 is 11.9 Å². The van der Waals surface area contributed by atoms with Gasteiger partial charge in [-0.3, -0.25) is 4.79 Å². The number of hydrogen-bond donors (Lipinski definition) is 1. The Morgan fingerprint density at radius 2 is 2.18 bits per heavy atom. The maximum Gasteiger partial charge on any atom is 0.310 e. The van der Waals surface area contributed by atoms with Gasteiger partial charge in [-0.2, -0.15) is 0 Å². The van der Waals surface area contributed by atoms with Gasteiger partial charge in [0.05, 0.1) is 18.7 Å². The normalized spacial score (nSPS) is 17.4. The van der Waals surface area contributed by atoms with Crippen LogP contribution >= 0.6 is 0 Å². The topological polar surface area (TPSA) is 80.0 Å². The van der Waals surface area contributed by atoms with Crippen LogP contribution in [0, 0.1) is 5.92 Å². The van der Waals surface area contributed by atoms with Crippen LogP contribution in [0.1, 0.15) is 32.6 Å². The van der Waals surface area contributed by atoms with Gasteiger partial charge in [-0.1, -0.05) is 30.3 Å². The molecule has 0 saturated carbocycles. The molecular formula is C21H28N4O3. The largest absolute Gasteiger partial charge is 0.466 e. The van der Waals surface area contributed by atoms with Crippen molar-refractivity contribution in [2.75, 3.05) is 26.2 Å². The van der Waals surface area contributed by atoms with E-state index < -0.39 is 0 Å². The summed E-state index contributed by atoms with van der Waals surface area (Å²) in [5, 5.41) is 3.31. The fourth-order valence-electron chi connectivity index (χ4n) is 3.31. The minimum atomic E-state index is -0.122.